The number of anilines is 1. The van der Waals surface area contributed by atoms with Crippen molar-refractivity contribution in [3.63, 3.8) is 0 Å². The summed E-state index contributed by atoms with van der Waals surface area (Å²) < 4.78 is 38.2. The number of nitrogen functional groups attached to an aromatic ring is 1. The summed E-state index contributed by atoms with van der Waals surface area (Å²) in [6.07, 6.45) is -1.53. The number of nitrogens with two attached hydrogens (primary N) is 1. The van der Waals surface area contributed by atoms with Gasteiger partial charge in [-0.3, -0.25) is 0 Å². The van der Waals surface area contributed by atoms with Crippen molar-refractivity contribution in [3.05, 3.63) is 29.3 Å². The summed E-state index contributed by atoms with van der Waals surface area (Å²) in [5, 5.41) is 12.6. The zero-order valence-electron chi connectivity index (χ0n) is 11.1. The van der Waals surface area contributed by atoms with Crippen LogP contribution >= 0.6 is 0 Å². The molecule has 0 radical (unpaired) electrons. The van der Waals surface area contributed by atoms with E-state index in [1.165, 1.54) is 6.07 Å². The largest absolute Gasteiger partial charge is 0.418 e. The van der Waals surface area contributed by atoms with E-state index in [2.05, 4.69) is 5.32 Å². The average molecular weight is 288 g/mol. The highest BCUT2D eigenvalue weighted by Gasteiger charge is 2.33. The fourth-order valence-electron chi connectivity index (χ4n) is 2.55. The van der Waals surface area contributed by atoms with Crippen LogP contribution in [0.15, 0.2) is 18.2 Å². The third kappa shape index (κ3) is 3.64. The molecule has 1 aromatic rings. The Labute approximate surface area is 116 Å². The zero-order chi connectivity index (χ0) is 14.8. The Morgan fingerprint density at radius 3 is 2.45 bits per heavy atom. The molecule has 0 aliphatic heterocycles. The number of rotatable bonds is 3. The van der Waals surface area contributed by atoms with Crippen LogP contribution in [0.1, 0.15) is 36.8 Å². The Balaban J connectivity index is 2.00. The molecule has 1 fully saturated rings. The van der Waals surface area contributed by atoms with Gasteiger partial charge in [0.05, 0.1) is 11.7 Å². The highest BCUT2D eigenvalue weighted by Crippen LogP contribution is 2.35. The minimum absolute atomic E-state index is 0.205. The van der Waals surface area contributed by atoms with Gasteiger partial charge < -0.3 is 16.2 Å². The zero-order valence-corrected chi connectivity index (χ0v) is 11.1. The van der Waals surface area contributed by atoms with Gasteiger partial charge >= 0.3 is 6.18 Å². The molecule has 0 saturated heterocycles. The lowest BCUT2D eigenvalue weighted by atomic mass is 9.93. The van der Waals surface area contributed by atoms with Crippen LogP contribution in [-0.4, -0.2) is 17.3 Å². The van der Waals surface area contributed by atoms with E-state index in [9.17, 15) is 18.3 Å². The van der Waals surface area contributed by atoms with E-state index in [1.807, 2.05) is 0 Å². The number of halogens is 3. The Kier molecular flexibility index (Phi) is 4.55. The molecule has 3 nitrogen and oxygen atoms in total. The summed E-state index contributed by atoms with van der Waals surface area (Å²) in [6.45, 7) is 0.316. The first-order valence-electron chi connectivity index (χ1n) is 6.74. The van der Waals surface area contributed by atoms with E-state index in [0.29, 0.717) is 12.1 Å². The van der Waals surface area contributed by atoms with Crippen molar-refractivity contribution in [2.75, 3.05) is 5.73 Å². The molecule has 6 heteroatoms. The number of alkyl halides is 3. The number of hydrogen-bond donors (Lipinski definition) is 3. The van der Waals surface area contributed by atoms with E-state index in [-0.39, 0.29) is 17.8 Å². The first-order chi connectivity index (χ1) is 9.38. The molecule has 0 unspecified atom stereocenters. The fourth-order valence-corrected chi connectivity index (χ4v) is 2.55. The minimum Gasteiger partial charge on any atom is -0.398 e. The molecule has 112 valence electrons. The van der Waals surface area contributed by atoms with Gasteiger partial charge in [0.25, 0.3) is 0 Å². The molecule has 0 spiro atoms. The third-order valence-electron chi connectivity index (χ3n) is 3.78. The van der Waals surface area contributed by atoms with E-state index in [4.69, 9.17) is 5.73 Å². The second-order valence-corrected chi connectivity index (χ2v) is 5.26. The van der Waals surface area contributed by atoms with Crippen molar-refractivity contribution in [2.45, 2.75) is 50.6 Å². The molecule has 1 aliphatic carbocycles. The highest BCUT2D eigenvalue weighted by molar-refractivity contribution is 5.55. The molecule has 4 N–H and O–H groups in total. The number of para-hydroxylation sites is 1. The van der Waals surface area contributed by atoms with Crippen LogP contribution < -0.4 is 11.1 Å². The monoisotopic (exact) mass is 288 g/mol. The standard InChI is InChI=1S/C14H19F3N2O/c15-14(16,17)12-3-1-2-9(13(12)18)8-19-10-4-6-11(20)7-5-10/h1-3,10-11,19-20H,4-8,18H2/t10-,11-. The lowest BCUT2D eigenvalue weighted by Gasteiger charge is -2.26. The maximum atomic E-state index is 12.7. The Hall–Kier alpha value is -1.27. The van der Waals surface area contributed by atoms with Crippen molar-refractivity contribution < 1.29 is 18.3 Å². The quantitative estimate of drug-likeness (QED) is 0.749. The van der Waals surface area contributed by atoms with Crippen LogP contribution in [-0.2, 0) is 12.7 Å². The average Bonchev–Trinajstić information content (AvgIpc) is 2.38. The van der Waals surface area contributed by atoms with Gasteiger partial charge in [0.2, 0.25) is 0 Å². The van der Waals surface area contributed by atoms with E-state index in [1.54, 1.807) is 6.07 Å². The smallest absolute Gasteiger partial charge is 0.398 e. The predicted molar refractivity (Wildman–Crippen MR) is 71.0 cm³/mol. The fraction of sp³-hybridized carbons (Fsp3) is 0.571. The summed E-state index contributed by atoms with van der Waals surface area (Å²) in [6, 6.07) is 4.21. The molecule has 1 aliphatic rings. The normalized spacial score (nSPS) is 23.8. The number of nitrogens with one attached hydrogen (secondary N) is 1. The first kappa shape index (κ1) is 15.1. The van der Waals surface area contributed by atoms with Crippen LogP contribution in [0, 0.1) is 0 Å². The van der Waals surface area contributed by atoms with E-state index in [0.717, 1.165) is 31.7 Å². The molecular formula is C14H19F3N2O. The minimum atomic E-state index is -4.42. The second kappa shape index (κ2) is 6.01. The molecular weight excluding hydrogens is 269 g/mol. The maximum Gasteiger partial charge on any atom is 0.418 e. The van der Waals surface area contributed by atoms with Crippen molar-refractivity contribution >= 4 is 5.69 Å². The molecule has 0 amide bonds. The van der Waals surface area contributed by atoms with Gasteiger partial charge in [0.15, 0.2) is 0 Å². The van der Waals surface area contributed by atoms with Gasteiger partial charge in [-0.1, -0.05) is 12.1 Å². The second-order valence-electron chi connectivity index (χ2n) is 5.26. The predicted octanol–water partition coefficient (Wildman–Crippen LogP) is 2.68. The van der Waals surface area contributed by atoms with Gasteiger partial charge in [-0.2, -0.15) is 13.2 Å². The van der Waals surface area contributed by atoms with E-state index < -0.39 is 11.7 Å². The van der Waals surface area contributed by atoms with Crippen molar-refractivity contribution in [1.29, 1.82) is 0 Å². The Morgan fingerprint density at radius 1 is 1.20 bits per heavy atom. The molecule has 20 heavy (non-hydrogen) atoms. The van der Waals surface area contributed by atoms with Crippen molar-refractivity contribution in [3.8, 4) is 0 Å². The number of aliphatic hydroxyl groups excluding tert-OH is 1. The maximum absolute atomic E-state index is 12.7. The third-order valence-corrected chi connectivity index (χ3v) is 3.78. The molecule has 0 atom stereocenters. The van der Waals surface area contributed by atoms with Gasteiger partial charge in [-0.15, -0.1) is 0 Å². The summed E-state index contributed by atoms with van der Waals surface area (Å²) in [7, 11) is 0. The SMILES string of the molecule is Nc1c(CN[C@H]2CC[C@H](O)CC2)cccc1C(F)(F)F. The van der Waals surface area contributed by atoms with Gasteiger partial charge in [0, 0.05) is 18.3 Å². The van der Waals surface area contributed by atoms with Crippen LogP contribution in [0.4, 0.5) is 18.9 Å². The van der Waals surface area contributed by atoms with E-state index >= 15 is 0 Å². The van der Waals surface area contributed by atoms with Crippen LogP contribution in [0.2, 0.25) is 0 Å². The lowest BCUT2D eigenvalue weighted by molar-refractivity contribution is -0.136. The molecule has 0 bridgehead atoms. The van der Waals surface area contributed by atoms with Gasteiger partial charge in [-0.05, 0) is 37.3 Å². The Morgan fingerprint density at radius 2 is 1.85 bits per heavy atom. The summed E-state index contributed by atoms with van der Waals surface area (Å²) in [4.78, 5) is 0. The summed E-state index contributed by atoms with van der Waals surface area (Å²) >= 11 is 0. The molecule has 0 heterocycles. The number of aliphatic hydroxyl groups is 1. The first-order valence-corrected chi connectivity index (χ1v) is 6.74. The number of hydrogen-bond acceptors (Lipinski definition) is 3. The highest BCUT2D eigenvalue weighted by atomic mass is 19.4. The molecule has 2 rings (SSSR count). The molecule has 1 aromatic carbocycles. The molecule has 1 saturated carbocycles. The van der Waals surface area contributed by atoms with Gasteiger partial charge in [-0.25, -0.2) is 0 Å². The van der Waals surface area contributed by atoms with Crippen LogP contribution in [0.25, 0.3) is 0 Å². The number of benzene rings is 1. The van der Waals surface area contributed by atoms with Crippen LogP contribution in [0.3, 0.4) is 0 Å². The summed E-state index contributed by atoms with van der Waals surface area (Å²) in [5.74, 6) is 0. The topological polar surface area (TPSA) is 58.3 Å². The van der Waals surface area contributed by atoms with Gasteiger partial charge in [0.1, 0.15) is 0 Å². The molecule has 0 aromatic heterocycles. The summed E-state index contributed by atoms with van der Waals surface area (Å²) in [5.41, 5.74) is 5.08. The van der Waals surface area contributed by atoms with Crippen LogP contribution in [0.5, 0.6) is 0 Å². The van der Waals surface area contributed by atoms with Crippen molar-refractivity contribution in [2.24, 2.45) is 0 Å². The van der Waals surface area contributed by atoms with Crippen molar-refractivity contribution in [1.82, 2.24) is 5.32 Å². The Bertz CT molecular complexity index is 454. The lowest BCUT2D eigenvalue weighted by Crippen LogP contribution is -2.34.